The molecule has 1 aromatic heterocycles. The second-order valence-corrected chi connectivity index (χ2v) is 6.98. The average Bonchev–Trinajstić information content (AvgIpc) is 3.23. The lowest BCUT2D eigenvalue weighted by Crippen LogP contribution is -2.28. The molecule has 0 fully saturated rings. The van der Waals surface area contributed by atoms with Crippen LogP contribution in [0.2, 0.25) is 0 Å². The summed E-state index contributed by atoms with van der Waals surface area (Å²) in [6.45, 7) is 0.959. The lowest BCUT2D eigenvalue weighted by atomic mass is 10.1. The van der Waals surface area contributed by atoms with Gasteiger partial charge in [-0.1, -0.05) is 72.8 Å². The van der Waals surface area contributed by atoms with Gasteiger partial charge in [0.15, 0.2) is 11.6 Å². The molecule has 0 unspecified atom stereocenters. The minimum atomic E-state index is -0.428. The Morgan fingerprint density at radius 1 is 0.935 bits per heavy atom. The molecule has 0 aliphatic rings. The molecule has 31 heavy (non-hydrogen) atoms. The molecule has 0 radical (unpaired) electrons. The van der Waals surface area contributed by atoms with Gasteiger partial charge < -0.3 is 10.1 Å². The molecule has 1 heterocycles. The van der Waals surface area contributed by atoms with E-state index in [2.05, 4.69) is 10.4 Å². The van der Waals surface area contributed by atoms with E-state index >= 15 is 0 Å². The van der Waals surface area contributed by atoms with Crippen LogP contribution in [0.4, 0.5) is 4.39 Å². The van der Waals surface area contributed by atoms with Gasteiger partial charge in [0, 0.05) is 11.8 Å². The molecule has 0 saturated carbocycles. The number of halogens is 1. The van der Waals surface area contributed by atoms with Crippen LogP contribution in [0.1, 0.15) is 15.9 Å². The summed E-state index contributed by atoms with van der Waals surface area (Å²) in [7, 11) is 0. The molecule has 1 amide bonds. The third-order valence-corrected chi connectivity index (χ3v) is 4.72. The topological polar surface area (TPSA) is 56.1 Å². The van der Waals surface area contributed by atoms with Crippen LogP contribution in [0.5, 0.6) is 5.75 Å². The first-order valence-electron chi connectivity index (χ1n) is 10.0. The fourth-order valence-corrected chi connectivity index (χ4v) is 3.23. The van der Waals surface area contributed by atoms with Crippen LogP contribution < -0.4 is 10.1 Å². The van der Waals surface area contributed by atoms with Crippen LogP contribution in [0, 0.1) is 5.82 Å². The van der Waals surface area contributed by atoms with Gasteiger partial charge in [0.1, 0.15) is 12.3 Å². The Kier molecular flexibility index (Phi) is 6.38. The van der Waals surface area contributed by atoms with Crippen molar-refractivity contribution in [3.63, 3.8) is 0 Å². The predicted molar refractivity (Wildman–Crippen MR) is 117 cm³/mol. The van der Waals surface area contributed by atoms with Crippen molar-refractivity contribution in [3.8, 4) is 17.0 Å². The Morgan fingerprint density at radius 3 is 2.35 bits per heavy atom. The largest absolute Gasteiger partial charge is 0.489 e. The third-order valence-electron chi connectivity index (χ3n) is 4.72. The van der Waals surface area contributed by atoms with Crippen LogP contribution in [0.3, 0.4) is 0 Å². The number of carbonyl (C=O) groups excluding carboxylic acids is 1. The molecule has 6 heteroatoms. The molecule has 0 bridgehead atoms. The molecular weight excluding hydrogens is 393 g/mol. The van der Waals surface area contributed by atoms with Gasteiger partial charge in [-0.2, -0.15) is 5.10 Å². The number of benzene rings is 3. The van der Waals surface area contributed by atoms with Gasteiger partial charge in [0.2, 0.25) is 0 Å². The zero-order valence-corrected chi connectivity index (χ0v) is 16.9. The highest BCUT2D eigenvalue weighted by atomic mass is 19.1. The van der Waals surface area contributed by atoms with Crippen molar-refractivity contribution in [2.24, 2.45) is 0 Å². The zero-order valence-electron chi connectivity index (χ0n) is 16.9. The number of hydrogen-bond donors (Lipinski definition) is 1. The standard InChI is InChI=1S/C25H22FN3O2/c26-22-13-7-8-14-23(22)31-16-15-27-25(30)21-18-29(17-19-9-3-1-4-10-19)28-24(21)20-11-5-2-6-12-20/h1-14,18H,15-17H2,(H,27,30). The first-order valence-corrected chi connectivity index (χ1v) is 10.0. The first kappa shape index (κ1) is 20.3. The van der Waals surface area contributed by atoms with E-state index < -0.39 is 5.82 Å². The Morgan fingerprint density at radius 2 is 1.61 bits per heavy atom. The highest BCUT2D eigenvalue weighted by molar-refractivity contribution is 5.99. The van der Waals surface area contributed by atoms with Crippen LogP contribution in [-0.2, 0) is 6.54 Å². The minimum Gasteiger partial charge on any atom is -0.489 e. The molecule has 3 aromatic carbocycles. The van der Waals surface area contributed by atoms with Crippen LogP contribution in [0.15, 0.2) is 91.1 Å². The van der Waals surface area contributed by atoms with E-state index in [1.54, 1.807) is 29.1 Å². The summed E-state index contributed by atoms with van der Waals surface area (Å²) in [4.78, 5) is 12.9. The second-order valence-electron chi connectivity index (χ2n) is 6.98. The molecule has 0 atom stereocenters. The number of rotatable bonds is 8. The Bertz CT molecular complexity index is 1140. The van der Waals surface area contributed by atoms with Crippen molar-refractivity contribution in [2.45, 2.75) is 6.54 Å². The second kappa shape index (κ2) is 9.71. The monoisotopic (exact) mass is 415 g/mol. The van der Waals surface area contributed by atoms with Gasteiger partial charge in [-0.15, -0.1) is 0 Å². The van der Waals surface area contributed by atoms with E-state index in [0.29, 0.717) is 17.8 Å². The molecule has 0 aliphatic carbocycles. The van der Waals surface area contributed by atoms with E-state index in [1.807, 2.05) is 60.7 Å². The summed E-state index contributed by atoms with van der Waals surface area (Å²) in [6.07, 6.45) is 1.75. The highest BCUT2D eigenvalue weighted by Crippen LogP contribution is 2.22. The van der Waals surface area contributed by atoms with Crippen molar-refractivity contribution < 1.29 is 13.9 Å². The third kappa shape index (κ3) is 5.17. The summed E-state index contributed by atoms with van der Waals surface area (Å²) in [5.74, 6) is -0.518. The molecule has 4 aromatic rings. The summed E-state index contributed by atoms with van der Waals surface area (Å²) in [5, 5.41) is 7.50. The maximum absolute atomic E-state index is 13.6. The lowest BCUT2D eigenvalue weighted by Gasteiger charge is -2.08. The van der Waals surface area contributed by atoms with Crippen LogP contribution >= 0.6 is 0 Å². The summed E-state index contributed by atoms with van der Waals surface area (Å²) >= 11 is 0. The van der Waals surface area contributed by atoms with Crippen molar-refractivity contribution in [3.05, 3.63) is 108 Å². The molecule has 0 spiro atoms. The van der Waals surface area contributed by atoms with Gasteiger partial charge in [-0.25, -0.2) is 4.39 Å². The van der Waals surface area contributed by atoms with Gasteiger partial charge in [-0.3, -0.25) is 9.48 Å². The van der Waals surface area contributed by atoms with E-state index in [9.17, 15) is 9.18 Å². The SMILES string of the molecule is O=C(NCCOc1ccccc1F)c1cn(Cc2ccccc2)nc1-c1ccccc1. The van der Waals surface area contributed by atoms with Crippen LogP contribution in [0.25, 0.3) is 11.3 Å². The van der Waals surface area contributed by atoms with Gasteiger partial charge in [-0.05, 0) is 17.7 Å². The van der Waals surface area contributed by atoms with Gasteiger partial charge >= 0.3 is 0 Å². The highest BCUT2D eigenvalue weighted by Gasteiger charge is 2.18. The smallest absolute Gasteiger partial charge is 0.255 e. The van der Waals surface area contributed by atoms with Crippen molar-refractivity contribution in [2.75, 3.05) is 13.2 Å². The van der Waals surface area contributed by atoms with Crippen LogP contribution in [-0.4, -0.2) is 28.8 Å². The number of aromatic nitrogens is 2. The van der Waals surface area contributed by atoms with Crippen molar-refractivity contribution >= 4 is 5.91 Å². The van der Waals surface area contributed by atoms with Crippen molar-refractivity contribution in [1.82, 2.24) is 15.1 Å². The molecule has 5 nitrogen and oxygen atoms in total. The number of para-hydroxylation sites is 1. The molecule has 0 aliphatic heterocycles. The van der Waals surface area contributed by atoms with Gasteiger partial charge in [0.25, 0.3) is 5.91 Å². The van der Waals surface area contributed by atoms with E-state index in [4.69, 9.17) is 4.74 Å². The Balaban J connectivity index is 1.47. The van der Waals surface area contributed by atoms with Gasteiger partial charge in [0.05, 0.1) is 18.7 Å². The molecular formula is C25H22FN3O2. The zero-order chi connectivity index (χ0) is 21.5. The fourth-order valence-electron chi connectivity index (χ4n) is 3.23. The molecule has 0 saturated heterocycles. The number of nitrogens with one attached hydrogen (secondary N) is 1. The maximum Gasteiger partial charge on any atom is 0.255 e. The van der Waals surface area contributed by atoms with E-state index in [1.165, 1.54) is 6.07 Å². The maximum atomic E-state index is 13.6. The van der Waals surface area contributed by atoms with E-state index in [0.717, 1.165) is 11.1 Å². The van der Waals surface area contributed by atoms with Crippen molar-refractivity contribution in [1.29, 1.82) is 0 Å². The summed E-state index contributed by atoms with van der Waals surface area (Å²) < 4.78 is 20.8. The minimum absolute atomic E-state index is 0.158. The predicted octanol–water partition coefficient (Wildman–Crippen LogP) is 4.55. The molecule has 1 N–H and O–H groups in total. The normalized spacial score (nSPS) is 10.6. The number of amides is 1. The van der Waals surface area contributed by atoms with E-state index in [-0.39, 0.29) is 24.8 Å². The average molecular weight is 415 g/mol. The number of nitrogens with zero attached hydrogens (tertiary/aromatic N) is 2. The Labute approximate surface area is 180 Å². The quantitative estimate of drug-likeness (QED) is 0.430. The Hall–Kier alpha value is -3.93. The number of carbonyl (C=O) groups is 1. The summed E-state index contributed by atoms with van der Waals surface area (Å²) in [6, 6.07) is 25.7. The lowest BCUT2D eigenvalue weighted by molar-refractivity contribution is 0.0947. The summed E-state index contributed by atoms with van der Waals surface area (Å²) in [5.41, 5.74) is 3.05. The number of hydrogen-bond acceptors (Lipinski definition) is 3. The number of ether oxygens (including phenoxy) is 1. The molecule has 4 rings (SSSR count). The molecule has 156 valence electrons. The fraction of sp³-hybridized carbons (Fsp3) is 0.120. The first-order chi connectivity index (χ1) is 15.2.